The van der Waals surface area contributed by atoms with E-state index in [4.69, 9.17) is 16.3 Å². The molecule has 1 aromatic heterocycles. The van der Waals surface area contributed by atoms with Gasteiger partial charge in [0.25, 0.3) is 0 Å². The molecule has 122 valence electrons. The van der Waals surface area contributed by atoms with Crippen molar-refractivity contribution in [3.8, 4) is 11.4 Å². The van der Waals surface area contributed by atoms with Gasteiger partial charge in [0.15, 0.2) is 0 Å². The largest absolute Gasteiger partial charge is 0.496 e. The SMILES string of the molecule is COc1ccccc1CC(=O)Nc1ccc(Cl)cc1-n1cccc1. The molecule has 0 aliphatic rings. The van der Waals surface area contributed by atoms with Crippen LogP contribution in [0.2, 0.25) is 5.02 Å². The first-order chi connectivity index (χ1) is 11.7. The molecule has 0 fully saturated rings. The number of amides is 1. The summed E-state index contributed by atoms with van der Waals surface area (Å²) in [5.41, 5.74) is 2.37. The smallest absolute Gasteiger partial charge is 0.228 e. The summed E-state index contributed by atoms with van der Waals surface area (Å²) in [7, 11) is 1.60. The lowest BCUT2D eigenvalue weighted by Crippen LogP contribution is -2.16. The molecule has 0 saturated carbocycles. The van der Waals surface area contributed by atoms with E-state index in [1.807, 2.05) is 59.4 Å². The summed E-state index contributed by atoms with van der Waals surface area (Å²) in [6.45, 7) is 0. The van der Waals surface area contributed by atoms with Gasteiger partial charge in [0, 0.05) is 23.0 Å². The Hall–Kier alpha value is -2.72. The highest BCUT2D eigenvalue weighted by atomic mass is 35.5. The number of halogens is 1. The molecule has 5 heteroatoms. The van der Waals surface area contributed by atoms with Gasteiger partial charge >= 0.3 is 0 Å². The Labute approximate surface area is 145 Å². The summed E-state index contributed by atoms with van der Waals surface area (Å²) in [6.07, 6.45) is 4.04. The fraction of sp³-hybridized carbons (Fsp3) is 0.105. The Morgan fingerprint density at radius 1 is 1.12 bits per heavy atom. The van der Waals surface area contributed by atoms with Crippen LogP contribution < -0.4 is 10.1 Å². The summed E-state index contributed by atoms with van der Waals surface area (Å²) in [6, 6.07) is 16.7. The number of carbonyl (C=O) groups is 1. The first-order valence-electron chi connectivity index (χ1n) is 7.52. The maximum absolute atomic E-state index is 12.4. The van der Waals surface area contributed by atoms with Crippen molar-refractivity contribution in [2.24, 2.45) is 0 Å². The van der Waals surface area contributed by atoms with E-state index in [0.29, 0.717) is 16.5 Å². The summed E-state index contributed by atoms with van der Waals surface area (Å²) in [5.74, 6) is 0.588. The van der Waals surface area contributed by atoms with Crippen LogP contribution >= 0.6 is 11.6 Å². The van der Waals surface area contributed by atoms with Gasteiger partial charge in [-0.1, -0.05) is 29.8 Å². The molecular weight excluding hydrogens is 324 g/mol. The van der Waals surface area contributed by atoms with Crippen LogP contribution in [0.15, 0.2) is 67.0 Å². The number of hydrogen-bond acceptors (Lipinski definition) is 2. The van der Waals surface area contributed by atoms with Crippen LogP contribution in [0.4, 0.5) is 5.69 Å². The zero-order valence-corrected chi connectivity index (χ0v) is 14.0. The third kappa shape index (κ3) is 3.60. The number of aromatic nitrogens is 1. The third-order valence-electron chi connectivity index (χ3n) is 3.66. The zero-order chi connectivity index (χ0) is 16.9. The standard InChI is InChI=1S/C19H17ClN2O2/c1-24-18-7-3-2-6-14(18)12-19(23)21-16-9-8-15(20)13-17(16)22-10-4-5-11-22/h2-11,13H,12H2,1H3,(H,21,23). The summed E-state index contributed by atoms with van der Waals surface area (Å²) < 4.78 is 7.20. The predicted octanol–water partition coefficient (Wildman–Crippen LogP) is 4.32. The van der Waals surface area contributed by atoms with Gasteiger partial charge in [0.1, 0.15) is 5.75 Å². The molecule has 24 heavy (non-hydrogen) atoms. The Kier molecular flexibility index (Phi) is 4.87. The van der Waals surface area contributed by atoms with Crippen LogP contribution in [0, 0.1) is 0 Å². The molecule has 0 aliphatic heterocycles. The van der Waals surface area contributed by atoms with Crippen molar-refractivity contribution in [3.05, 3.63) is 77.6 Å². The molecule has 0 radical (unpaired) electrons. The molecule has 2 aromatic carbocycles. The van der Waals surface area contributed by atoms with E-state index in [-0.39, 0.29) is 12.3 Å². The number of hydrogen-bond donors (Lipinski definition) is 1. The van der Waals surface area contributed by atoms with Crippen LogP contribution in [0.3, 0.4) is 0 Å². The Bertz CT molecular complexity index is 844. The van der Waals surface area contributed by atoms with E-state index < -0.39 is 0 Å². The lowest BCUT2D eigenvalue weighted by Gasteiger charge is -2.13. The van der Waals surface area contributed by atoms with Crippen LogP contribution in [0.5, 0.6) is 5.75 Å². The Morgan fingerprint density at radius 3 is 2.62 bits per heavy atom. The lowest BCUT2D eigenvalue weighted by atomic mass is 10.1. The number of nitrogens with zero attached hydrogens (tertiary/aromatic N) is 1. The fourth-order valence-corrected chi connectivity index (χ4v) is 2.70. The van der Waals surface area contributed by atoms with Gasteiger partial charge in [-0.2, -0.15) is 0 Å². The van der Waals surface area contributed by atoms with Gasteiger partial charge in [-0.15, -0.1) is 0 Å². The monoisotopic (exact) mass is 340 g/mol. The second kappa shape index (κ2) is 7.23. The van der Waals surface area contributed by atoms with E-state index in [1.54, 1.807) is 19.2 Å². The molecule has 4 nitrogen and oxygen atoms in total. The van der Waals surface area contributed by atoms with E-state index >= 15 is 0 Å². The number of anilines is 1. The van der Waals surface area contributed by atoms with Gasteiger partial charge in [-0.25, -0.2) is 0 Å². The molecule has 0 aliphatic carbocycles. The number of rotatable bonds is 5. The molecule has 3 rings (SSSR count). The molecular formula is C19H17ClN2O2. The van der Waals surface area contributed by atoms with E-state index in [9.17, 15) is 4.79 Å². The minimum absolute atomic E-state index is 0.116. The molecule has 0 spiro atoms. The number of nitrogens with one attached hydrogen (secondary N) is 1. The van der Waals surface area contributed by atoms with Crippen molar-refractivity contribution in [1.82, 2.24) is 4.57 Å². The number of methoxy groups -OCH3 is 1. The van der Waals surface area contributed by atoms with E-state index in [0.717, 1.165) is 11.3 Å². The average molecular weight is 341 g/mol. The second-order valence-electron chi connectivity index (χ2n) is 5.29. The van der Waals surface area contributed by atoms with Crippen molar-refractivity contribution in [1.29, 1.82) is 0 Å². The Balaban J connectivity index is 1.82. The fourth-order valence-electron chi connectivity index (χ4n) is 2.54. The first-order valence-corrected chi connectivity index (χ1v) is 7.90. The molecule has 1 N–H and O–H groups in total. The summed E-state index contributed by atoms with van der Waals surface area (Å²) >= 11 is 6.10. The van der Waals surface area contributed by atoms with E-state index in [2.05, 4.69) is 5.32 Å². The molecule has 3 aromatic rings. The highest BCUT2D eigenvalue weighted by Gasteiger charge is 2.12. The molecule has 0 atom stereocenters. The lowest BCUT2D eigenvalue weighted by molar-refractivity contribution is -0.115. The van der Waals surface area contributed by atoms with E-state index in [1.165, 1.54) is 0 Å². The van der Waals surface area contributed by atoms with Gasteiger partial charge < -0.3 is 14.6 Å². The quantitative estimate of drug-likeness (QED) is 0.751. The maximum Gasteiger partial charge on any atom is 0.228 e. The number of ether oxygens (including phenoxy) is 1. The van der Waals surface area contributed by atoms with Gasteiger partial charge in [-0.3, -0.25) is 4.79 Å². The number of benzene rings is 2. The summed E-state index contributed by atoms with van der Waals surface area (Å²) in [4.78, 5) is 12.4. The van der Waals surface area contributed by atoms with Gasteiger partial charge in [0.2, 0.25) is 5.91 Å². The highest BCUT2D eigenvalue weighted by molar-refractivity contribution is 6.30. The van der Waals surface area contributed by atoms with Gasteiger partial charge in [0.05, 0.1) is 24.9 Å². The van der Waals surface area contributed by atoms with Crippen molar-refractivity contribution >= 4 is 23.2 Å². The van der Waals surface area contributed by atoms with Gasteiger partial charge in [-0.05, 0) is 36.4 Å². The van der Waals surface area contributed by atoms with Crippen molar-refractivity contribution in [3.63, 3.8) is 0 Å². The normalized spacial score (nSPS) is 10.4. The van der Waals surface area contributed by atoms with Crippen LogP contribution in [-0.2, 0) is 11.2 Å². The van der Waals surface area contributed by atoms with Crippen LogP contribution in [-0.4, -0.2) is 17.6 Å². The molecule has 0 bridgehead atoms. The molecule has 1 heterocycles. The number of carbonyl (C=O) groups excluding carboxylic acids is 1. The topological polar surface area (TPSA) is 43.3 Å². The molecule has 0 unspecified atom stereocenters. The maximum atomic E-state index is 12.4. The molecule has 1 amide bonds. The zero-order valence-electron chi connectivity index (χ0n) is 13.2. The third-order valence-corrected chi connectivity index (χ3v) is 3.90. The second-order valence-corrected chi connectivity index (χ2v) is 5.73. The summed E-state index contributed by atoms with van der Waals surface area (Å²) in [5, 5.41) is 3.56. The predicted molar refractivity (Wildman–Crippen MR) is 96.1 cm³/mol. The minimum Gasteiger partial charge on any atom is -0.496 e. The minimum atomic E-state index is -0.116. The molecule has 0 saturated heterocycles. The number of para-hydroxylation sites is 1. The highest BCUT2D eigenvalue weighted by Crippen LogP contribution is 2.25. The first kappa shape index (κ1) is 16.1. The van der Waals surface area contributed by atoms with Crippen LogP contribution in [0.25, 0.3) is 5.69 Å². The average Bonchev–Trinajstić information content (AvgIpc) is 3.11. The van der Waals surface area contributed by atoms with Crippen molar-refractivity contribution in [2.75, 3.05) is 12.4 Å². The Morgan fingerprint density at radius 2 is 1.88 bits per heavy atom. The van der Waals surface area contributed by atoms with Crippen molar-refractivity contribution < 1.29 is 9.53 Å². The van der Waals surface area contributed by atoms with Crippen LogP contribution in [0.1, 0.15) is 5.56 Å². The van der Waals surface area contributed by atoms with Crippen molar-refractivity contribution in [2.45, 2.75) is 6.42 Å².